The minimum Gasteiger partial charge on any atom is -0.353 e. The lowest BCUT2D eigenvalue weighted by atomic mass is 9.75. The van der Waals surface area contributed by atoms with E-state index in [0.717, 1.165) is 17.0 Å². The van der Waals surface area contributed by atoms with Crippen LogP contribution in [0.1, 0.15) is 44.2 Å². The van der Waals surface area contributed by atoms with Crippen LogP contribution >= 0.6 is 0 Å². The van der Waals surface area contributed by atoms with Crippen LogP contribution in [0.25, 0.3) is 0 Å². The van der Waals surface area contributed by atoms with Gasteiger partial charge < -0.3 is 10.2 Å². The summed E-state index contributed by atoms with van der Waals surface area (Å²) in [6.07, 6.45) is -5.18. The highest BCUT2D eigenvalue weighted by Crippen LogP contribution is 2.42. The number of piperazine rings is 1. The smallest absolute Gasteiger partial charge is 0.353 e. The molecule has 2 aliphatic heterocycles. The number of benzene rings is 1. The first kappa shape index (κ1) is 22.8. The summed E-state index contributed by atoms with van der Waals surface area (Å²) in [4.78, 5) is 53.4. The Morgan fingerprint density at radius 3 is 2.52 bits per heavy atom. The fourth-order valence-corrected chi connectivity index (χ4v) is 4.36. The monoisotopic (exact) mass is 439 g/mol. The molecule has 0 radical (unpaired) electrons. The van der Waals surface area contributed by atoms with E-state index in [9.17, 15) is 32.3 Å². The number of likely N-dealkylation sites (tertiary alicyclic amines) is 1. The highest BCUT2D eigenvalue weighted by atomic mass is 19.4. The van der Waals surface area contributed by atoms with E-state index < -0.39 is 53.8 Å². The summed E-state index contributed by atoms with van der Waals surface area (Å²) < 4.78 is 39.9. The molecule has 2 aliphatic rings. The lowest BCUT2D eigenvalue weighted by Gasteiger charge is -2.37. The van der Waals surface area contributed by atoms with Crippen molar-refractivity contribution in [1.29, 1.82) is 0 Å². The average molecular weight is 439 g/mol. The Bertz CT molecular complexity index is 917. The van der Waals surface area contributed by atoms with Crippen LogP contribution in [0.4, 0.5) is 13.2 Å². The SMILES string of the molecule is CC[C@H]1C(=O)NCCN1C(=O)C[C@]1(c2cccc(C(F)(F)F)c2)CC(=O)N(CC)C1=O. The van der Waals surface area contributed by atoms with Crippen molar-refractivity contribution in [1.82, 2.24) is 15.1 Å². The normalized spacial score (nSPS) is 24.5. The Morgan fingerprint density at radius 2 is 1.94 bits per heavy atom. The van der Waals surface area contributed by atoms with Crippen LogP contribution < -0.4 is 5.32 Å². The maximum absolute atomic E-state index is 13.3. The van der Waals surface area contributed by atoms with E-state index in [1.54, 1.807) is 13.8 Å². The second-order valence-corrected chi connectivity index (χ2v) is 7.76. The summed E-state index contributed by atoms with van der Waals surface area (Å²) in [6.45, 7) is 3.84. The Hall–Kier alpha value is -2.91. The van der Waals surface area contributed by atoms with Crippen molar-refractivity contribution in [3.05, 3.63) is 35.4 Å². The Morgan fingerprint density at radius 1 is 1.23 bits per heavy atom. The van der Waals surface area contributed by atoms with Gasteiger partial charge in [-0.2, -0.15) is 13.2 Å². The van der Waals surface area contributed by atoms with Crippen LogP contribution in [0.3, 0.4) is 0 Å². The van der Waals surface area contributed by atoms with Crippen LogP contribution in [0.2, 0.25) is 0 Å². The van der Waals surface area contributed by atoms with Gasteiger partial charge >= 0.3 is 6.18 Å². The number of hydrogen-bond donors (Lipinski definition) is 1. The number of hydrogen-bond acceptors (Lipinski definition) is 4. The zero-order chi connectivity index (χ0) is 23.0. The molecule has 1 aromatic rings. The molecule has 1 N–H and O–H groups in total. The lowest BCUT2D eigenvalue weighted by Crippen LogP contribution is -2.58. The lowest BCUT2D eigenvalue weighted by molar-refractivity contribution is -0.146. The average Bonchev–Trinajstić information content (AvgIpc) is 2.97. The van der Waals surface area contributed by atoms with Gasteiger partial charge in [-0.05, 0) is 25.0 Å². The highest BCUT2D eigenvalue weighted by molar-refractivity contribution is 6.11. The molecule has 2 saturated heterocycles. The van der Waals surface area contributed by atoms with Crippen molar-refractivity contribution in [2.45, 2.75) is 50.7 Å². The third-order valence-electron chi connectivity index (χ3n) is 5.96. The molecule has 0 bridgehead atoms. The number of halogens is 3. The molecule has 0 unspecified atom stereocenters. The van der Waals surface area contributed by atoms with Crippen LogP contribution in [0.15, 0.2) is 24.3 Å². The standard InChI is InChI=1S/C21H24F3N3O4/c1-3-15-18(30)25-8-9-27(15)17(29)12-20(11-16(28)26(4-2)19(20)31)13-6-5-7-14(10-13)21(22,23)24/h5-7,10,15H,3-4,8-9,11-12H2,1-2H3,(H,25,30)/t15-,20-/m0/s1. The molecule has 2 atom stereocenters. The first-order valence-electron chi connectivity index (χ1n) is 10.1. The molecule has 7 nitrogen and oxygen atoms in total. The second kappa shape index (κ2) is 8.32. The number of rotatable bonds is 5. The summed E-state index contributed by atoms with van der Waals surface area (Å²) in [7, 11) is 0. The molecule has 1 aromatic carbocycles. The van der Waals surface area contributed by atoms with Crippen LogP contribution in [-0.2, 0) is 30.8 Å². The number of likely N-dealkylation sites (N-methyl/N-ethyl adjacent to an activating group) is 1. The molecule has 0 saturated carbocycles. The number of carbonyl (C=O) groups is 4. The molecular weight excluding hydrogens is 415 g/mol. The molecular formula is C21H24F3N3O4. The predicted molar refractivity (Wildman–Crippen MR) is 104 cm³/mol. The molecule has 2 fully saturated rings. The predicted octanol–water partition coefficient (Wildman–Crippen LogP) is 1.85. The van der Waals surface area contributed by atoms with Gasteiger partial charge in [0.25, 0.3) is 0 Å². The first-order chi connectivity index (χ1) is 14.5. The number of nitrogens with zero attached hydrogens (tertiary/aromatic N) is 2. The number of carbonyl (C=O) groups excluding carboxylic acids is 4. The number of amides is 4. The van der Waals surface area contributed by atoms with Gasteiger partial charge in [0.15, 0.2) is 0 Å². The van der Waals surface area contributed by atoms with Gasteiger partial charge in [0.1, 0.15) is 6.04 Å². The van der Waals surface area contributed by atoms with E-state index in [1.807, 2.05) is 0 Å². The van der Waals surface area contributed by atoms with Gasteiger partial charge in [-0.25, -0.2) is 0 Å². The minimum atomic E-state index is -4.64. The molecule has 2 heterocycles. The third kappa shape index (κ3) is 4.03. The van der Waals surface area contributed by atoms with E-state index >= 15 is 0 Å². The molecule has 0 aliphatic carbocycles. The van der Waals surface area contributed by atoms with Gasteiger partial charge in [0.2, 0.25) is 23.6 Å². The zero-order valence-electron chi connectivity index (χ0n) is 17.3. The highest BCUT2D eigenvalue weighted by Gasteiger charge is 2.54. The summed E-state index contributed by atoms with van der Waals surface area (Å²) in [5.74, 6) is -2.10. The van der Waals surface area contributed by atoms with Crippen molar-refractivity contribution in [3.63, 3.8) is 0 Å². The summed E-state index contributed by atoms with van der Waals surface area (Å²) in [5, 5.41) is 2.67. The summed E-state index contributed by atoms with van der Waals surface area (Å²) in [6, 6.07) is 3.49. The molecule has 3 rings (SSSR count). The first-order valence-corrected chi connectivity index (χ1v) is 10.1. The number of nitrogens with one attached hydrogen (secondary N) is 1. The van der Waals surface area contributed by atoms with Crippen LogP contribution in [0.5, 0.6) is 0 Å². The number of alkyl halides is 3. The second-order valence-electron chi connectivity index (χ2n) is 7.76. The van der Waals surface area contributed by atoms with Gasteiger partial charge in [-0.1, -0.05) is 25.1 Å². The fraction of sp³-hybridized carbons (Fsp3) is 0.524. The van der Waals surface area contributed by atoms with E-state index in [1.165, 1.54) is 17.0 Å². The fourth-order valence-electron chi connectivity index (χ4n) is 4.36. The molecule has 4 amide bonds. The minimum absolute atomic E-state index is 0.0283. The Labute approximate surface area is 177 Å². The topological polar surface area (TPSA) is 86.8 Å². The quantitative estimate of drug-likeness (QED) is 0.710. The van der Waals surface area contributed by atoms with Crippen molar-refractivity contribution < 1.29 is 32.3 Å². The molecule has 0 aromatic heterocycles. The van der Waals surface area contributed by atoms with E-state index in [0.29, 0.717) is 6.42 Å². The van der Waals surface area contributed by atoms with Gasteiger partial charge in [-0.3, -0.25) is 24.1 Å². The molecule has 10 heteroatoms. The third-order valence-corrected chi connectivity index (χ3v) is 5.96. The zero-order valence-corrected chi connectivity index (χ0v) is 17.3. The van der Waals surface area contributed by atoms with E-state index in [-0.39, 0.29) is 31.1 Å². The van der Waals surface area contributed by atoms with Crippen LogP contribution in [0, 0.1) is 0 Å². The number of imide groups is 1. The van der Waals surface area contributed by atoms with E-state index in [4.69, 9.17) is 0 Å². The van der Waals surface area contributed by atoms with Crippen molar-refractivity contribution >= 4 is 23.6 Å². The molecule has 0 spiro atoms. The molecule has 31 heavy (non-hydrogen) atoms. The van der Waals surface area contributed by atoms with Gasteiger partial charge in [-0.15, -0.1) is 0 Å². The molecule has 168 valence electrons. The van der Waals surface area contributed by atoms with Gasteiger partial charge in [0.05, 0.1) is 11.0 Å². The largest absolute Gasteiger partial charge is 0.416 e. The summed E-state index contributed by atoms with van der Waals surface area (Å²) >= 11 is 0. The summed E-state index contributed by atoms with van der Waals surface area (Å²) in [5.41, 5.74) is -2.73. The van der Waals surface area contributed by atoms with Crippen molar-refractivity contribution in [3.8, 4) is 0 Å². The Kier molecular flexibility index (Phi) is 6.11. The van der Waals surface area contributed by atoms with Crippen molar-refractivity contribution in [2.24, 2.45) is 0 Å². The van der Waals surface area contributed by atoms with Gasteiger partial charge in [0, 0.05) is 32.5 Å². The van der Waals surface area contributed by atoms with Crippen molar-refractivity contribution in [2.75, 3.05) is 19.6 Å². The maximum atomic E-state index is 13.3. The van der Waals surface area contributed by atoms with Crippen LogP contribution in [-0.4, -0.2) is 59.1 Å². The van der Waals surface area contributed by atoms with E-state index in [2.05, 4.69) is 5.32 Å². The maximum Gasteiger partial charge on any atom is 0.416 e. The Balaban J connectivity index is 2.05.